The lowest BCUT2D eigenvalue weighted by atomic mass is 9.94. The summed E-state index contributed by atoms with van der Waals surface area (Å²) in [4.78, 5) is 22.5. The first-order valence-electron chi connectivity index (χ1n) is 6.57. The zero-order valence-electron chi connectivity index (χ0n) is 11.6. The van der Waals surface area contributed by atoms with Crippen LogP contribution in [-0.2, 0) is 4.74 Å². The normalized spacial score (nSPS) is 22.3. The highest BCUT2D eigenvalue weighted by atomic mass is 16.6. The summed E-state index contributed by atoms with van der Waals surface area (Å²) in [6.07, 6.45) is 1.78. The molecule has 0 bridgehead atoms. The van der Waals surface area contributed by atoms with Gasteiger partial charge in [0.1, 0.15) is 0 Å². The number of ether oxygens (including phenoxy) is 1. The Morgan fingerprint density at radius 3 is 2.80 bits per heavy atom. The number of hydrogen-bond donors (Lipinski definition) is 1. The van der Waals surface area contributed by atoms with Crippen LogP contribution in [0.5, 0.6) is 0 Å². The number of carbonyl (C=O) groups is 1. The second-order valence-electron chi connectivity index (χ2n) is 5.43. The van der Waals surface area contributed by atoms with E-state index in [1.807, 2.05) is 6.92 Å². The zero-order chi connectivity index (χ0) is 14.8. The Kier molecular flexibility index (Phi) is 4.04. The number of nitrogens with one attached hydrogen (secondary N) is 1. The number of amides is 1. The molecule has 6 nitrogen and oxygen atoms in total. The number of nitrogens with zero attached hydrogens (tertiary/aromatic N) is 1. The van der Waals surface area contributed by atoms with Crippen LogP contribution in [0.1, 0.15) is 35.7 Å². The molecule has 1 saturated heterocycles. The van der Waals surface area contributed by atoms with E-state index in [4.69, 9.17) is 4.74 Å². The standard InChI is InChI=1S/C14H18N2O4/c1-10-8-11(4-5-12(10)16(18)19)13(17)15-14(2)6-3-7-20-9-14/h4-5,8H,3,6-7,9H2,1-2H3,(H,15,17)/t14-/m1/s1. The average Bonchev–Trinajstić information content (AvgIpc) is 2.38. The minimum absolute atomic E-state index is 0.0220. The van der Waals surface area contributed by atoms with Crippen LogP contribution in [-0.4, -0.2) is 29.6 Å². The molecule has 1 fully saturated rings. The van der Waals surface area contributed by atoms with E-state index in [1.54, 1.807) is 13.0 Å². The molecule has 108 valence electrons. The summed E-state index contributed by atoms with van der Waals surface area (Å²) in [6, 6.07) is 4.39. The van der Waals surface area contributed by atoms with Gasteiger partial charge in [0, 0.05) is 23.8 Å². The third kappa shape index (κ3) is 3.14. The summed E-state index contributed by atoms with van der Waals surface area (Å²) >= 11 is 0. The van der Waals surface area contributed by atoms with Crippen molar-refractivity contribution in [2.24, 2.45) is 0 Å². The third-order valence-electron chi connectivity index (χ3n) is 3.51. The molecule has 1 atom stereocenters. The van der Waals surface area contributed by atoms with Gasteiger partial charge in [-0.2, -0.15) is 0 Å². The second kappa shape index (κ2) is 5.58. The summed E-state index contributed by atoms with van der Waals surface area (Å²) < 4.78 is 5.39. The topological polar surface area (TPSA) is 81.5 Å². The van der Waals surface area contributed by atoms with Crippen molar-refractivity contribution in [1.29, 1.82) is 0 Å². The van der Waals surface area contributed by atoms with Gasteiger partial charge < -0.3 is 10.1 Å². The molecule has 1 amide bonds. The number of nitro benzene ring substituents is 1. The third-order valence-corrected chi connectivity index (χ3v) is 3.51. The van der Waals surface area contributed by atoms with Gasteiger partial charge in [-0.15, -0.1) is 0 Å². The van der Waals surface area contributed by atoms with Crippen molar-refractivity contribution in [3.8, 4) is 0 Å². The summed E-state index contributed by atoms with van der Waals surface area (Å²) in [5.74, 6) is -0.226. The maximum Gasteiger partial charge on any atom is 0.272 e. The van der Waals surface area contributed by atoms with Gasteiger partial charge in [-0.1, -0.05) is 0 Å². The number of nitro groups is 1. The maximum absolute atomic E-state index is 12.2. The minimum Gasteiger partial charge on any atom is -0.379 e. The Balaban J connectivity index is 2.13. The molecule has 1 N–H and O–H groups in total. The minimum atomic E-state index is -0.451. The fourth-order valence-corrected chi connectivity index (χ4v) is 2.38. The van der Waals surface area contributed by atoms with Crippen LogP contribution in [0, 0.1) is 17.0 Å². The SMILES string of the molecule is Cc1cc(C(=O)N[C@]2(C)CCCOC2)ccc1[N+](=O)[O-]. The molecule has 0 aromatic heterocycles. The van der Waals surface area contributed by atoms with Crippen LogP contribution < -0.4 is 5.32 Å². The lowest BCUT2D eigenvalue weighted by molar-refractivity contribution is -0.385. The molecule has 1 aromatic rings. The molecule has 2 rings (SSSR count). The van der Waals surface area contributed by atoms with Gasteiger partial charge >= 0.3 is 0 Å². The smallest absolute Gasteiger partial charge is 0.272 e. The number of aryl methyl sites for hydroxylation is 1. The summed E-state index contributed by atoms with van der Waals surface area (Å²) in [6.45, 7) is 4.79. The van der Waals surface area contributed by atoms with Gasteiger partial charge in [0.15, 0.2) is 0 Å². The predicted octanol–water partition coefficient (Wildman–Crippen LogP) is 2.20. The highest BCUT2D eigenvalue weighted by Crippen LogP contribution is 2.21. The van der Waals surface area contributed by atoms with Crippen LogP contribution in [0.4, 0.5) is 5.69 Å². The monoisotopic (exact) mass is 278 g/mol. The summed E-state index contributed by atoms with van der Waals surface area (Å²) in [7, 11) is 0. The first-order valence-corrected chi connectivity index (χ1v) is 6.57. The average molecular weight is 278 g/mol. The molecule has 1 aromatic carbocycles. The highest BCUT2D eigenvalue weighted by Gasteiger charge is 2.29. The Bertz CT molecular complexity index is 536. The van der Waals surface area contributed by atoms with E-state index < -0.39 is 4.92 Å². The number of benzene rings is 1. The number of carbonyl (C=O) groups excluding carboxylic acids is 1. The van der Waals surface area contributed by atoms with Gasteiger partial charge in [0.05, 0.1) is 17.1 Å². The molecular weight excluding hydrogens is 260 g/mol. The van der Waals surface area contributed by atoms with Gasteiger partial charge in [0.25, 0.3) is 11.6 Å². The van der Waals surface area contributed by atoms with Gasteiger partial charge in [-0.3, -0.25) is 14.9 Å². The molecule has 0 radical (unpaired) electrons. The second-order valence-corrected chi connectivity index (χ2v) is 5.43. The van der Waals surface area contributed by atoms with Crippen molar-refractivity contribution in [2.45, 2.75) is 32.2 Å². The quantitative estimate of drug-likeness (QED) is 0.679. The van der Waals surface area contributed by atoms with Gasteiger partial charge in [-0.25, -0.2) is 0 Å². The van der Waals surface area contributed by atoms with E-state index in [-0.39, 0.29) is 17.1 Å². The zero-order valence-corrected chi connectivity index (χ0v) is 11.6. The molecule has 0 aliphatic carbocycles. The highest BCUT2D eigenvalue weighted by molar-refractivity contribution is 5.95. The van der Waals surface area contributed by atoms with E-state index in [1.165, 1.54) is 12.1 Å². The van der Waals surface area contributed by atoms with E-state index in [0.29, 0.717) is 17.7 Å². The van der Waals surface area contributed by atoms with Crippen LogP contribution in [0.2, 0.25) is 0 Å². The van der Waals surface area contributed by atoms with Crippen molar-refractivity contribution in [1.82, 2.24) is 5.32 Å². The summed E-state index contributed by atoms with van der Waals surface area (Å²) in [5.41, 5.74) is 0.562. The molecule has 0 saturated carbocycles. The Hall–Kier alpha value is -1.95. The first kappa shape index (κ1) is 14.5. The molecule has 0 unspecified atom stereocenters. The van der Waals surface area contributed by atoms with Gasteiger partial charge in [-0.05, 0) is 38.8 Å². The fourth-order valence-electron chi connectivity index (χ4n) is 2.38. The lowest BCUT2D eigenvalue weighted by Gasteiger charge is -2.34. The van der Waals surface area contributed by atoms with Crippen molar-refractivity contribution in [2.75, 3.05) is 13.2 Å². The van der Waals surface area contributed by atoms with Crippen LogP contribution >= 0.6 is 0 Å². The van der Waals surface area contributed by atoms with Crippen LogP contribution in [0.3, 0.4) is 0 Å². The molecule has 1 aliphatic rings. The molecular formula is C14H18N2O4. The van der Waals surface area contributed by atoms with E-state index in [9.17, 15) is 14.9 Å². The van der Waals surface area contributed by atoms with E-state index in [2.05, 4.69) is 5.32 Å². The van der Waals surface area contributed by atoms with Crippen LogP contribution in [0.25, 0.3) is 0 Å². The van der Waals surface area contributed by atoms with Crippen molar-refractivity contribution in [3.63, 3.8) is 0 Å². The Morgan fingerprint density at radius 1 is 1.50 bits per heavy atom. The van der Waals surface area contributed by atoms with Crippen molar-refractivity contribution < 1.29 is 14.5 Å². The summed E-state index contributed by atoms with van der Waals surface area (Å²) in [5, 5.41) is 13.7. The fraction of sp³-hybridized carbons (Fsp3) is 0.500. The van der Waals surface area contributed by atoms with Crippen molar-refractivity contribution in [3.05, 3.63) is 39.4 Å². The van der Waals surface area contributed by atoms with Gasteiger partial charge in [0.2, 0.25) is 0 Å². The molecule has 20 heavy (non-hydrogen) atoms. The Labute approximate surface area is 117 Å². The number of hydrogen-bond acceptors (Lipinski definition) is 4. The first-order chi connectivity index (χ1) is 9.41. The van der Waals surface area contributed by atoms with Crippen LogP contribution in [0.15, 0.2) is 18.2 Å². The largest absolute Gasteiger partial charge is 0.379 e. The lowest BCUT2D eigenvalue weighted by Crippen LogP contribution is -2.51. The molecule has 6 heteroatoms. The molecule has 1 heterocycles. The Morgan fingerprint density at radius 2 is 2.25 bits per heavy atom. The van der Waals surface area contributed by atoms with E-state index >= 15 is 0 Å². The molecule has 0 spiro atoms. The maximum atomic E-state index is 12.2. The number of rotatable bonds is 3. The van der Waals surface area contributed by atoms with Crippen molar-refractivity contribution >= 4 is 11.6 Å². The van der Waals surface area contributed by atoms with E-state index in [0.717, 1.165) is 19.4 Å². The molecule has 1 aliphatic heterocycles. The predicted molar refractivity (Wildman–Crippen MR) is 73.8 cm³/mol.